The maximum absolute atomic E-state index is 9.78. The second kappa shape index (κ2) is 6.02. The molecule has 0 aliphatic heterocycles. The summed E-state index contributed by atoms with van der Waals surface area (Å²) in [6, 6.07) is 7.25. The number of aliphatic hydroxyl groups is 1. The van der Waals surface area contributed by atoms with Gasteiger partial charge in [0.1, 0.15) is 36.9 Å². The third kappa shape index (κ3) is 3.46. The SMILES string of the molecule is COc1cccc(OC[C@H](O)Cn2cnnc2)c1. The summed E-state index contributed by atoms with van der Waals surface area (Å²) in [6.45, 7) is 0.600. The molecule has 0 radical (unpaired) electrons. The zero-order valence-corrected chi connectivity index (χ0v) is 10.1. The number of hydrogen-bond donors (Lipinski definition) is 1. The Morgan fingerprint density at radius 2 is 2.00 bits per heavy atom. The van der Waals surface area contributed by atoms with Gasteiger partial charge in [-0.25, -0.2) is 0 Å². The molecule has 0 fully saturated rings. The summed E-state index contributed by atoms with van der Waals surface area (Å²) in [6.07, 6.45) is 2.48. The lowest BCUT2D eigenvalue weighted by molar-refractivity contribution is 0.0922. The van der Waals surface area contributed by atoms with Gasteiger partial charge in [-0.15, -0.1) is 10.2 Å². The van der Waals surface area contributed by atoms with Gasteiger partial charge in [-0.2, -0.15) is 0 Å². The lowest BCUT2D eigenvalue weighted by atomic mass is 10.3. The summed E-state index contributed by atoms with van der Waals surface area (Å²) in [4.78, 5) is 0. The van der Waals surface area contributed by atoms with Gasteiger partial charge in [0.2, 0.25) is 0 Å². The number of rotatable bonds is 6. The molecule has 0 spiro atoms. The molecular weight excluding hydrogens is 234 g/mol. The molecule has 0 amide bonds. The number of methoxy groups -OCH3 is 1. The van der Waals surface area contributed by atoms with E-state index in [0.717, 1.165) is 5.75 Å². The molecule has 0 saturated heterocycles. The number of ether oxygens (including phenoxy) is 2. The molecule has 2 aromatic rings. The monoisotopic (exact) mass is 249 g/mol. The lowest BCUT2D eigenvalue weighted by Crippen LogP contribution is -2.23. The fourth-order valence-electron chi connectivity index (χ4n) is 1.50. The predicted molar refractivity (Wildman–Crippen MR) is 64.5 cm³/mol. The molecule has 6 heteroatoms. The van der Waals surface area contributed by atoms with Gasteiger partial charge in [-0.3, -0.25) is 0 Å². The maximum atomic E-state index is 9.78. The molecule has 1 atom stereocenters. The Kier molecular flexibility index (Phi) is 4.14. The van der Waals surface area contributed by atoms with E-state index in [4.69, 9.17) is 9.47 Å². The van der Waals surface area contributed by atoms with Crippen LogP contribution < -0.4 is 9.47 Å². The molecule has 0 aliphatic rings. The first kappa shape index (κ1) is 12.4. The molecule has 0 saturated carbocycles. The van der Waals surface area contributed by atoms with Crippen LogP contribution >= 0.6 is 0 Å². The lowest BCUT2D eigenvalue weighted by Gasteiger charge is -2.12. The van der Waals surface area contributed by atoms with E-state index < -0.39 is 6.10 Å². The van der Waals surface area contributed by atoms with Crippen molar-refractivity contribution in [3.8, 4) is 11.5 Å². The van der Waals surface area contributed by atoms with Crippen LogP contribution in [0.4, 0.5) is 0 Å². The van der Waals surface area contributed by atoms with Gasteiger partial charge in [0.15, 0.2) is 0 Å². The van der Waals surface area contributed by atoms with E-state index in [0.29, 0.717) is 12.3 Å². The van der Waals surface area contributed by atoms with Crippen molar-refractivity contribution in [1.29, 1.82) is 0 Å². The number of hydrogen-bond acceptors (Lipinski definition) is 5. The second-order valence-corrected chi connectivity index (χ2v) is 3.80. The molecular formula is C12H15N3O3. The third-order valence-electron chi connectivity index (χ3n) is 2.37. The van der Waals surface area contributed by atoms with Crippen molar-refractivity contribution in [3.05, 3.63) is 36.9 Å². The minimum Gasteiger partial charge on any atom is -0.497 e. The Hall–Kier alpha value is -2.08. The van der Waals surface area contributed by atoms with Crippen LogP contribution in [0.3, 0.4) is 0 Å². The number of aromatic nitrogens is 3. The Morgan fingerprint density at radius 3 is 2.72 bits per heavy atom. The van der Waals surface area contributed by atoms with Crippen molar-refractivity contribution in [1.82, 2.24) is 14.8 Å². The number of aliphatic hydroxyl groups excluding tert-OH is 1. The minimum absolute atomic E-state index is 0.200. The van der Waals surface area contributed by atoms with Gasteiger partial charge in [-0.05, 0) is 12.1 Å². The zero-order chi connectivity index (χ0) is 12.8. The maximum Gasteiger partial charge on any atom is 0.123 e. The molecule has 1 aromatic carbocycles. The molecule has 1 N–H and O–H groups in total. The van der Waals surface area contributed by atoms with E-state index in [9.17, 15) is 5.11 Å². The van der Waals surface area contributed by atoms with Crippen molar-refractivity contribution in [2.24, 2.45) is 0 Å². The summed E-state index contributed by atoms with van der Waals surface area (Å²) in [5, 5.41) is 17.1. The summed E-state index contributed by atoms with van der Waals surface area (Å²) in [5.74, 6) is 1.39. The quantitative estimate of drug-likeness (QED) is 0.817. The van der Waals surface area contributed by atoms with Crippen molar-refractivity contribution in [3.63, 3.8) is 0 Å². The van der Waals surface area contributed by atoms with Crippen LogP contribution in [0.25, 0.3) is 0 Å². The van der Waals surface area contributed by atoms with Crippen LogP contribution in [0, 0.1) is 0 Å². The van der Waals surface area contributed by atoms with Crippen LogP contribution in [-0.2, 0) is 6.54 Å². The van der Waals surface area contributed by atoms with Gasteiger partial charge in [0, 0.05) is 6.07 Å². The molecule has 1 heterocycles. The molecule has 96 valence electrons. The molecule has 0 bridgehead atoms. The van der Waals surface area contributed by atoms with Crippen molar-refractivity contribution >= 4 is 0 Å². The van der Waals surface area contributed by atoms with Gasteiger partial charge in [0.25, 0.3) is 0 Å². The first-order chi connectivity index (χ1) is 8.78. The molecule has 2 rings (SSSR count). The molecule has 18 heavy (non-hydrogen) atoms. The van der Waals surface area contributed by atoms with Crippen molar-refractivity contribution < 1.29 is 14.6 Å². The largest absolute Gasteiger partial charge is 0.497 e. The second-order valence-electron chi connectivity index (χ2n) is 3.80. The number of nitrogens with zero attached hydrogens (tertiary/aromatic N) is 3. The smallest absolute Gasteiger partial charge is 0.123 e. The Bertz CT molecular complexity index is 473. The standard InChI is InChI=1S/C12H15N3O3/c1-17-11-3-2-4-12(5-11)18-7-10(16)6-15-8-13-14-9-15/h2-5,8-10,16H,6-7H2,1H3/t10-/m1/s1. The van der Waals surface area contributed by atoms with E-state index in [1.165, 1.54) is 0 Å². The zero-order valence-electron chi connectivity index (χ0n) is 10.1. The highest BCUT2D eigenvalue weighted by atomic mass is 16.5. The van der Waals surface area contributed by atoms with Crippen LogP contribution in [0.1, 0.15) is 0 Å². The van der Waals surface area contributed by atoms with Gasteiger partial charge in [-0.1, -0.05) is 6.07 Å². The highest BCUT2D eigenvalue weighted by molar-refractivity contribution is 5.32. The van der Waals surface area contributed by atoms with Crippen LogP contribution in [0.5, 0.6) is 11.5 Å². The molecule has 0 unspecified atom stereocenters. The summed E-state index contributed by atoms with van der Waals surface area (Å²) in [7, 11) is 1.60. The normalized spacial score (nSPS) is 12.1. The number of benzene rings is 1. The Labute approximate surface area is 105 Å². The van der Waals surface area contributed by atoms with E-state index >= 15 is 0 Å². The van der Waals surface area contributed by atoms with E-state index in [-0.39, 0.29) is 6.61 Å². The first-order valence-corrected chi connectivity index (χ1v) is 5.55. The summed E-state index contributed by atoms with van der Waals surface area (Å²) >= 11 is 0. The third-order valence-corrected chi connectivity index (χ3v) is 2.37. The first-order valence-electron chi connectivity index (χ1n) is 5.55. The van der Waals surface area contributed by atoms with Gasteiger partial charge in [0.05, 0.1) is 13.7 Å². The molecule has 6 nitrogen and oxygen atoms in total. The average molecular weight is 249 g/mol. The Balaban J connectivity index is 1.83. The Morgan fingerprint density at radius 1 is 1.28 bits per heavy atom. The summed E-state index contributed by atoms with van der Waals surface area (Å²) in [5.41, 5.74) is 0. The topological polar surface area (TPSA) is 69.4 Å². The van der Waals surface area contributed by atoms with E-state index in [1.54, 1.807) is 30.4 Å². The highest BCUT2D eigenvalue weighted by Gasteiger charge is 2.06. The fraction of sp³-hybridized carbons (Fsp3) is 0.333. The van der Waals surface area contributed by atoms with Gasteiger partial charge < -0.3 is 19.1 Å². The van der Waals surface area contributed by atoms with E-state index in [2.05, 4.69) is 10.2 Å². The predicted octanol–water partition coefficient (Wildman–Crippen LogP) is 0.727. The highest BCUT2D eigenvalue weighted by Crippen LogP contribution is 2.18. The minimum atomic E-state index is -0.618. The van der Waals surface area contributed by atoms with Crippen molar-refractivity contribution in [2.45, 2.75) is 12.6 Å². The van der Waals surface area contributed by atoms with Gasteiger partial charge >= 0.3 is 0 Å². The van der Waals surface area contributed by atoms with E-state index in [1.807, 2.05) is 18.2 Å². The van der Waals surface area contributed by atoms with Crippen LogP contribution in [0.2, 0.25) is 0 Å². The average Bonchev–Trinajstić information content (AvgIpc) is 2.89. The molecule has 0 aliphatic carbocycles. The summed E-state index contributed by atoms with van der Waals surface area (Å²) < 4.78 is 12.3. The van der Waals surface area contributed by atoms with Crippen molar-refractivity contribution in [2.75, 3.05) is 13.7 Å². The fourth-order valence-corrected chi connectivity index (χ4v) is 1.50. The van der Waals surface area contributed by atoms with Crippen LogP contribution in [0.15, 0.2) is 36.9 Å². The van der Waals surface area contributed by atoms with Crippen LogP contribution in [-0.4, -0.2) is 39.7 Å². The molecule has 1 aromatic heterocycles.